The van der Waals surface area contributed by atoms with Crippen LogP contribution in [0.1, 0.15) is 59.9 Å². The van der Waals surface area contributed by atoms with Gasteiger partial charge in [0, 0.05) is 18.7 Å². The fraction of sp³-hybridized carbons (Fsp3) is 0.519. The van der Waals surface area contributed by atoms with Gasteiger partial charge in [0.2, 0.25) is 0 Å². The molecule has 1 saturated heterocycles. The summed E-state index contributed by atoms with van der Waals surface area (Å²) in [6.07, 6.45) is 5.04. The fourth-order valence-electron chi connectivity index (χ4n) is 3.44. The van der Waals surface area contributed by atoms with Crippen LogP contribution in [0.25, 0.3) is 11.3 Å². The van der Waals surface area contributed by atoms with Gasteiger partial charge in [-0.15, -0.1) is 0 Å². The minimum atomic E-state index is -0.465. The van der Waals surface area contributed by atoms with Crippen molar-refractivity contribution < 1.29 is 19.1 Å². The molecule has 0 unspecified atom stereocenters. The Labute approximate surface area is 203 Å². The third-order valence-corrected chi connectivity index (χ3v) is 5.22. The molecule has 1 aromatic carbocycles. The first-order valence-corrected chi connectivity index (χ1v) is 11.9. The predicted octanol–water partition coefficient (Wildman–Crippen LogP) is 5.92. The van der Waals surface area contributed by atoms with Gasteiger partial charge in [0.05, 0.1) is 24.7 Å². The van der Waals surface area contributed by atoms with Gasteiger partial charge in [0.1, 0.15) is 17.0 Å². The lowest BCUT2D eigenvalue weighted by Gasteiger charge is -2.33. The van der Waals surface area contributed by atoms with Crippen LogP contribution in [0.15, 0.2) is 47.8 Å². The molecule has 0 saturated carbocycles. The normalized spacial score (nSPS) is 15.4. The van der Waals surface area contributed by atoms with Gasteiger partial charge in [0.15, 0.2) is 0 Å². The van der Waals surface area contributed by atoms with E-state index in [1.165, 1.54) is 0 Å². The summed E-state index contributed by atoms with van der Waals surface area (Å²) in [5.41, 5.74) is 2.10. The SMILES string of the molecule is CC(C)(C)O/N=C/c1ccc(-c2ccc(OCC3CCN(C(=O)OC(C)(C)C)CC3)cn2)cc1. The lowest BCUT2D eigenvalue weighted by molar-refractivity contribution is 0.00197. The Balaban J connectivity index is 1.45. The molecule has 3 rings (SSSR count). The summed E-state index contributed by atoms with van der Waals surface area (Å²) in [5, 5.41) is 4.03. The number of benzene rings is 1. The van der Waals surface area contributed by atoms with Crippen molar-refractivity contribution >= 4 is 12.3 Å². The molecule has 1 amide bonds. The summed E-state index contributed by atoms with van der Waals surface area (Å²) in [4.78, 5) is 23.9. The molecule has 0 N–H and O–H groups in total. The van der Waals surface area contributed by atoms with Crippen molar-refractivity contribution in [2.45, 2.75) is 65.6 Å². The lowest BCUT2D eigenvalue weighted by Crippen LogP contribution is -2.42. The van der Waals surface area contributed by atoms with Crippen LogP contribution in [0.5, 0.6) is 5.75 Å². The van der Waals surface area contributed by atoms with E-state index >= 15 is 0 Å². The predicted molar refractivity (Wildman–Crippen MR) is 134 cm³/mol. The van der Waals surface area contributed by atoms with Gasteiger partial charge in [0.25, 0.3) is 0 Å². The van der Waals surface area contributed by atoms with E-state index in [1.807, 2.05) is 77.9 Å². The van der Waals surface area contributed by atoms with E-state index in [0.717, 1.165) is 35.4 Å². The molecule has 34 heavy (non-hydrogen) atoms. The Hall–Kier alpha value is -3.09. The number of pyridine rings is 1. The van der Waals surface area contributed by atoms with Gasteiger partial charge in [-0.05, 0) is 78.0 Å². The molecule has 0 spiro atoms. The minimum absolute atomic E-state index is 0.231. The third-order valence-electron chi connectivity index (χ3n) is 5.22. The Morgan fingerprint density at radius 3 is 2.26 bits per heavy atom. The van der Waals surface area contributed by atoms with Gasteiger partial charge in [-0.3, -0.25) is 4.98 Å². The maximum atomic E-state index is 12.2. The number of hydrogen-bond donors (Lipinski definition) is 0. The lowest BCUT2D eigenvalue weighted by atomic mass is 9.98. The van der Waals surface area contributed by atoms with E-state index in [-0.39, 0.29) is 11.7 Å². The topological polar surface area (TPSA) is 73.2 Å². The van der Waals surface area contributed by atoms with Crippen LogP contribution < -0.4 is 4.74 Å². The highest BCUT2D eigenvalue weighted by Gasteiger charge is 2.27. The minimum Gasteiger partial charge on any atom is -0.492 e. The van der Waals surface area contributed by atoms with Crippen molar-refractivity contribution in [3.63, 3.8) is 0 Å². The highest BCUT2D eigenvalue weighted by atomic mass is 16.6. The average Bonchev–Trinajstić information content (AvgIpc) is 2.77. The average molecular weight is 468 g/mol. The number of piperidine rings is 1. The number of aromatic nitrogens is 1. The van der Waals surface area contributed by atoms with Crippen molar-refractivity contribution in [3.8, 4) is 17.0 Å². The second-order valence-electron chi connectivity index (χ2n) is 10.7. The summed E-state index contributed by atoms with van der Waals surface area (Å²) < 4.78 is 11.4. The zero-order valence-electron chi connectivity index (χ0n) is 21.2. The molecule has 2 aromatic rings. The van der Waals surface area contributed by atoms with E-state index in [2.05, 4.69) is 10.1 Å². The standard InChI is InChI=1S/C27H37N3O4/c1-26(2,3)33-25(31)30-15-13-21(14-16-30)19-32-23-11-12-24(28-18-23)22-9-7-20(8-10-22)17-29-34-27(4,5)6/h7-12,17-18,21H,13-16,19H2,1-6H3/b29-17+. The first-order valence-electron chi connectivity index (χ1n) is 11.9. The molecule has 184 valence electrons. The molecular weight excluding hydrogens is 430 g/mol. The van der Waals surface area contributed by atoms with Crippen molar-refractivity contribution in [2.24, 2.45) is 11.1 Å². The molecule has 0 bridgehead atoms. The van der Waals surface area contributed by atoms with Gasteiger partial charge in [-0.2, -0.15) is 0 Å². The van der Waals surface area contributed by atoms with E-state index in [0.29, 0.717) is 25.6 Å². The van der Waals surface area contributed by atoms with Crippen molar-refractivity contribution in [1.82, 2.24) is 9.88 Å². The van der Waals surface area contributed by atoms with Crippen molar-refractivity contribution in [2.75, 3.05) is 19.7 Å². The zero-order valence-corrected chi connectivity index (χ0v) is 21.2. The number of nitrogens with zero attached hydrogens (tertiary/aromatic N) is 3. The number of carbonyl (C=O) groups is 1. The van der Waals surface area contributed by atoms with Crippen LogP contribution in [-0.4, -0.2) is 53.1 Å². The molecule has 0 atom stereocenters. The Bertz CT molecular complexity index is 949. The van der Waals surface area contributed by atoms with Gasteiger partial charge < -0.3 is 19.2 Å². The number of oxime groups is 1. The van der Waals surface area contributed by atoms with Crippen LogP contribution in [0.2, 0.25) is 0 Å². The van der Waals surface area contributed by atoms with Crippen molar-refractivity contribution in [1.29, 1.82) is 0 Å². The molecule has 1 aliphatic heterocycles. The summed E-state index contributed by atoms with van der Waals surface area (Å²) in [6, 6.07) is 11.9. The highest BCUT2D eigenvalue weighted by molar-refractivity contribution is 5.80. The summed E-state index contributed by atoms with van der Waals surface area (Å²) >= 11 is 0. The quantitative estimate of drug-likeness (QED) is 0.389. The number of amides is 1. The number of hydrogen-bond acceptors (Lipinski definition) is 6. The summed E-state index contributed by atoms with van der Waals surface area (Å²) in [6.45, 7) is 13.6. The molecule has 0 radical (unpaired) electrons. The van der Waals surface area contributed by atoms with Crippen LogP contribution in [0.3, 0.4) is 0 Å². The maximum absolute atomic E-state index is 12.2. The number of likely N-dealkylation sites (tertiary alicyclic amines) is 1. The first-order chi connectivity index (χ1) is 16.0. The number of rotatable bonds is 6. The van der Waals surface area contributed by atoms with E-state index in [4.69, 9.17) is 14.3 Å². The maximum Gasteiger partial charge on any atom is 0.410 e. The Kier molecular flexibility index (Phi) is 8.18. The molecule has 7 nitrogen and oxygen atoms in total. The number of ether oxygens (including phenoxy) is 2. The second kappa shape index (κ2) is 10.9. The van der Waals surface area contributed by atoms with Gasteiger partial charge in [-0.25, -0.2) is 4.79 Å². The van der Waals surface area contributed by atoms with Crippen LogP contribution in [0.4, 0.5) is 4.79 Å². The first kappa shape index (κ1) is 25.5. The van der Waals surface area contributed by atoms with Gasteiger partial charge >= 0.3 is 6.09 Å². The van der Waals surface area contributed by atoms with Crippen LogP contribution in [-0.2, 0) is 9.57 Å². The molecule has 1 aliphatic rings. The fourth-order valence-corrected chi connectivity index (χ4v) is 3.44. The summed E-state index contributed by atoms with van der Waals surface area (Å²) in [7, 11) is 0. The molecule has 2 heterocycles. The number of carbonyl (C=O) groups excluding carboxylic acids is 1. The van der Waals surface area contributed by atoms with Crippen molar-refractivity contribution in [3.05, 3.63) is 48.2 Å². The highest BCUT2D eigenvalue weighted by Crippen LogP contribution is 2.23. The largest absolute Gasteiger partial charge is 0.492 e. The molecule has 1 fully saturated rings. The molecular formula is C27H37N3O4. The monoisotopic (exact) mass is 467 g/mol. The van der Waals surface area contributed by atoms with E-state index in [1.54, 1.807) is 17.3 Å². The molecule has 1 aromatic heterocycles. The summed E-state index contributed by atoms with van der Waals surface area (Å²) in [5.74, 6) is 1.16. The van der Waals surface area contributed by atoms with E-state index < -0.39 is 5.60 Å². The molecule has 0 aliphatic carbocycles. The van der Waals surface area contributed by atoms with Crippen LogP contribution >= 0.6 is 0 Å². The zero-order chi connectivity index (χ0) is 24.8. The Morgan fingerprint density at radius 2 is 1.71 bits per heavy atom. The second-order valence-corrected chi connectivity index (χ2v) is 10.7. The van der Waals surface area contributed by atoms with Crippen LogP contribution in [0, 0.1) is 5.92 Å². The molecule has 7 heteroatoms. The third kappa shape index (κ3) is 8.36. The van der Waals surface area contributed by atoms with Gasteiger partial charge in [-0.1, -0.05) is 29.4 Å². The van der Waals surface area contributed by atoms with E-state index in [9.17, 15) is 4.79 Å². The Morgan fingerprint density at radius 1 is 1.03 bits per heavy atom. The smallest absolute Gasteiger partial charge is 0.410 e.